The molecule has 2 aromatic rings. The molecule has 0 saturated heterocycles. The largest absolute Gasteiger partial charge is 0.383 e. The maximum Gasteiger partial charge on any atom is 0.270 e. The van der Waals surface area contributed by atoms with Crippen molar-refractivity contribution >= 4 is 23.0 Å². The van der Waals surface area contributed by atoms with Gasteiger partial charge in [-0.05, 0) is 17.7 Å². The van der Waals surface area contributed by atoms with Crippen LogP contribution in [0.15, 0.2) is 42.5 Å². The minimum absolute atomic E-state index is 0.0308. The molecule has 1 heterocycles. The van der Waals surface area contributed by atoms with E-state index in [1.165, 1.54) is 18.2 Å². The first-order chi connectivity index (χ1) is 11.6. The van der Waals surface area contributed by atoms with E-state index < -0.39 is 4.92 Å². The van der Waals surface area contributed by atoms with Gasteiger partial charge in [0.1, 0.15) is 6.07 Å². The van der Waals surface area contributed by atoms with Gasteiger partial charge < -0.3 is 10.6 Å². The van der Waals surface area contributed by atoms with Crippen LogP contribution in [0.1, 0.15) is 23.5 Å². The fourth-order valence-corrected chi connectivity index (χ4v) is 2.81. The molecule has 0 saturated carbocycles. The Morgan fingerprint density at radius 3 is 2.88 bits per heavy atom. The van der Waals surface area contributed by atoms with E-state index in [9.17, 15) is 20.2 Å². The molecule has 1 atom stereocenters. The summed E-state index contributed by atoms with van der Waals surface area (Å²) >= 11 is 0. The van der Waals surface area contributed by atoms with Crippen LogP contribution in [0.2, 0.25) is 0 Å². The molecule has 7 nitrogen and oxygen atoms in total. The van der Waals surface area contributed by atoms with Crippen molar-refractivity contribution in [3.63, 3.8) is 0 Å². The zero-order valence-electron chi connectivity index (χ0n) is 12.7. The lowest BCUT2D eigenvalue weighted by atomic mass is 9.90. The van der Waals surface area contributed by atoms with Gasteiger partial charge in [-0.1, -0.05) is 18.2 Å². The third-order valence-corrected chi connectivity index (χ3v) is 3.98. The third kappa shape index (κ3) is 3.03. The summed E-state index contributed by atoms with van der Waals surface area (Å²) < 4.78 is 0. The van der Waals surface area contributed by atoms with Crippen LogP contribution in [0.5, 0.6) is 0 Å². The molecule has 0 aliphatic carbocycles. The van der Waals surface area contributed by atoms with E-state index in [1.807, 2.05) is 30.3 Å². The SMILES string of the molecule is N#Cc1cc([N+](=O)[O-])ccc1NC[C@H]1CC(=O)Nc2ccccc21. The first-order valence-electron chi connectivity index (χ1n) is 7.39. The van der Waals surface area contributed by atoms with Crippen LogP contribution < -0.4 is 10.6 Å². The van der Waals surface area contributed by atoms with Gasteiger partial charge >= 0.3 is 0 Å². The van der Waals surface area contributed by atoms with Gasteiger partial charge in [0.2, 0.25) is 5.91 Å². The number of nitrogens with one attached hydrogen (secondary N) is 2. The van der Waals surface area contributed by atoms with Gasteiger partial charge in [-0.25, -0.2) is 0 Å². The summed E-state index contributed by atoms with van der Waals surface area (Å²) in [6.45, 7) is 0.455. The molecule has 0 aromatic heterocycles. The fraction of sp³-hybridized carbons (Fsp3) is 0.176. The standard InChI is InChI=1S/C17H14N4O3/c18-9-11-7-13(21(23)24)5-6-15(11)19-10-12-8-17(22)20-16-4-2-1-3-14(12)16/h1-7,12,19H,8,10H2,(H,20,22)/t12-/m1/s1. The number of fused-ring (bicyclic) bond motifs is 1. The Morgan fingerprint density at radius 2 is 2.12 bits per heavy atom. The van der Waals surface area contributed by atoms with Crippen molar-refractivity contribution < 1.29 is 9.72 Å². The first kappa shape index (κ1) is 15.5. The van der Waals surface area contributed by atoms with Crippen molar-refractivity contribution in [1.29, 1.82) is 5.26 Å². The zero-order valence-corrected chi connectivity index (χ0v) is 12.7. The van der Waals surface area contributed by atoms with Gasteiger partial charge in [-0.15, -0.1) is 0 Å². The second-order valence-corrected chi connectivity index (χ2v) is 5.52. The molecule has 0 radical (unpaired) electrons. The maximum absolute atomic E-state index is 11.8. The van der Waals surface area contributed by atoms with Gasteiger partial charge in [0.05, 0.1) is 16.2 Å². The smallest absolute Gasteiger partial charge is 0.270 e. The van der Waals surface area contributed by atoms with Crippen molar-refractivity contribution in [2.24, 2.45) is 0 Å². The van der Waals surface area contributed by atoms with Crippen molar-refractivity contribution in [2.75, 3.05) is 17.2 Å². The second kappa shape index (κ2) is 6.38. The molecule has 3 rings (SSSR count). The Kier molecular flexibility index (Phi) is 4.12. The van der Waals surface area contributed by atoms with Crippen LogP contribution in [0.3, 0.4) is 0 Å². The highest BCUT2D eigenvalue weighted by Gasteiger charge is 2.24. The van der Waals surface area contributed by atoms with Crippen LogP contribution in [-0.4, -0.2) is 17.4 Å². The minimum atomic E-state index is -0.535. The molecule has 0 fully saturated rings. The molecule has 0 spiro atoms. The van der Waals surface area contributed by atoms with Crippen LogP contribution in [0, 0.1) is 21.4 Å². The summed E-state index contributed by atoms with van der Waals surface area (Å²) in [7, 11) is 0. The average molecular weight is 322 g/mol. The summed E-state index contributed by atoms with van der Waals surface area (Å²) in [4.78, 5) is 22.1. The zero-order chi connectivity index (χ0) is 17.1. The van der Waals surface area contributed by atoms with Gasteiger partial charge in [0.25, 0.3) is 5.69 Å². The van der Waals surface area contributed by atoms with E-state index in [0.717, 1.165) is 11.3 Å². The summed E-state index contributed by atoms with van der Waals surface area (Å²) in [5.41, 5.74) is 2.43. The monoisotopic (exact) mass is 322 g/mol. The summed E-state index contributed by atoms with van der Waals surface area (Å²) in [6, 6.07) is 13.7. The van der Waals surface area contributed by atoms with Crippen molar-refractivity contribution in [3.05, 3.63) is 63.7 Å². The van der Waals surface area contributed by atoms with Crippen LogP contribution in [-0.2, 0) is 4.79 Å². The van der Waals surface area contributed by atoms with Crippen molar-refractivity contribution in [3.8, 4) is 6.07 Å². The number of carbonyl (C=O) groups excluding carboxylic acids is 1. The summed E-state index contributed by atoms with van der Waals surface area (Å²) in [6.07, 6.45) is 0.346. The number of carbonyl (C=O) groups is 1. The number of benzene rings is 2. The molecule has 0 bridgehead atoms. The number of non-ortho nitro benzene ring substituents is 1. The maximum atomic E-state index is 11.8. The number of nitriles is 1. The van der Waals surface area contributed by atoms with Crippen LogP contribution >= 0.6 is 0 Å². The number of nitrogens with zero attached hydrogens (tertiary/aromatic N) is 2. The molecule has 24 heavy (non-hydrogen) atoms. The predicted octanol–water partition coefficient (Wildman–Crippen LogP) is 3.00. The van der Waals surface area contributed by atoms with Gasteiger partial charge in [-0.2, -0.15) is 5.26 Å². The van der Waals surface area contributed by atoms with Gasteiger partial charge in [0, 0.05) is 36.7 Å². The Hall–Kier alpha value is -3.40. The summed E-state index contributed by atoms with van der Waals surface area (Å²) in [5, 5.41) is 25.9. The van der Waals surface area contributed by atoms with Gasteiger partial charge in [-0.3, -0.25) is 14.9 Å². The fourth-order valence-electron chi connectivity index (χ4n) is 2.81. The van der Waals surface area contributed by atoms with E-state index in [1.54, 1.807) is 0 Å². The number of hydrogen-bond acceptors (Lipinski definition) is 5. The highest BCUT2D eigenvalue weighted by molar-refractivity contribution is 5.94. The Morgan fingerprint density at radius 1 is 1.33 bits per heavy atom. The lowest BCUT2D eigenvalue weighted by Crippen LogP contribution is -2.26. The average Bonchev–Trinajstić information content (AvgIpc) is 2.59. The molecule has 2 aromatic carbocycles. The number of nitro benzene ring substituents is 1. The number of nitro groups is 1. The molecular formula is C17H14N4O3. The van der Waals surface area contributed by atoms with E-state index in [-0.39, 0.29) is 23.1 Å². The summed E-state index contributed by atoms with van der Waals surface area (Å²) in [5.74, 6) is -0.0820. The van der Waals surface area contributed by atoms with Gasteiger partial charge in [0.15, 0.2) is 0 Å². The van der Waals surface area contributed by atoms with E-state index >= 15 is 0 Å². The molecule has 1 aliphatic rings. The van der Waals surface area contributed by atoms with Crippen LogP contribution in [0.25, 0.3) is 0 Å². The van der Waals surface area contributed by atoms with Crippen molar-refractivity contribution in [1.82, 2.24) is 0 Å². The molecule has 1 aliphatic heterocycles. The highest BCUT2D eigenvalue weighted by Crippen LogP contribution is 2.32. The molecule has 120 valence electrons. The van der Waals surface area contributed by atoms with E-state index in [4.69, 9.17) is 0 Å². The lowest BCUT2D eigenvalue weighted by Gasteiger charge is -2.26. The normalized spacial score (nSPS) is 15.8. The first-order valence-corrected chi connectivity index (χ1v) is 7.39. The lowest BCUT2D eigenvalue weighted by molar-refractivity contribution is -0.384. The number of rotatable bonds is 4. The van der Waals surface area contributed by atoms with E-state index in [0.29, 0.717) is 18.7 Å². The van der Waals surface area contributed by atoms with Crippen LogP contribution in [0.4, 0.5) is 17.1 Å². The Balaban J connectivity index is 1.80. The molecule has 7 heteroatoms. The molecule has 0 unspecified atom stereocenters. The molecule has 2 N–H and O–H groups in total. The number of anilines is 2. The topological polar surface area (TPSA) is 108 Å². The predicted molar refractivity (Wildman–Crippen MR) is 88.7 cm³/mol. The molecule has 1 amide bonds. The highest BCUT2D eigenvalue weighted by atomic mass is 16.6. The third-order valence-electron chi connectivity index (χ3n) is 3.98. The Bertz CT molecular complexity index is 857. The van der Waals surface area contributed by atoms with E-state index in [2.05, 4.69) is 10.6 Å². The quantitative estimate of drug-likeness (QED) is 0.664. The number of hydrogen-bond donors (Lipinski definition) is 2. The minimum Gasteiger partial charge on any atom is -0.383 e. The second-order valence-electron chi connectivity index (χ2n) is 5.52. The number of amides is 1. The Labute approximate surface area is 138 Å². The van der Waals surface area contributed by atoms with Crippen molar-refractivity contribution in [2.45, 2.75) is 12.3 Å². The number of para-hydroxylation sites is 1. The molecular weight excluding hydrogens is 308 g/mol.